The zero-order chi connectivity index (χ0) is 13.8. The van der Waals surface area contributed by atoms with Crippen molar-refractivity contribution in [1.82, 2.24) is 5.06 Å². The van der Waals surface area contributed by atoms with Crippen LogP contribution in [0.2, 0.25) is 0 Å². The third kappa shape index (κ3) is 2.71. The van der Waals surface area contributed by atoms with Gasteiger partial charge in [0, 0.05) is 13.0 Å². The predicted octanol–water partition coefficient (Wildman–Crippen LogP) is 1.67. The van der Waals surface area contributed by atoms with Crippen molar-refractivity contribution < 1.29 is 14.2 Å². The van der Waals surface area contributed by atoms with Crippen molar-refractivity contribution in [3.8, 4) is 12.1 Å². The maximum Gasteiger partial charge on any atom is 0.433 e. The molecule has 2 heterocycles. The van der Waals surface area contributed by atoms with Crippen molar-refractivity contribution in [1.29, 1.82) is 10.5 Å². The van der Waals surface area contributed by atoms with E-state index < -0.39 is 11.0 Å². The number of furan rings is 1. The summed E-state index contributed by atoms with van der Waals surface area (Å²) in [7, 11) is 0. The van der Waals surface area contributed by atoms with Gasteiger partial charge in [0.05, 0.1) is 30.7 Å². The van der Waals surface area contributed by atoms with Gasteiger partial charge in [-0.2, -0.15) is 15.6 Å². The maximum absolute atomic E-state index is 10.6. The van der Waals surface area contributed by atoms with E-state index in [1.165, 1.54) is 17.2 Å². The summed E-state index contributed by atoms with van der Waals surface area (Å²) in [6, 6.07) is 6.33. The first-order valence-electron chi connectivity index (χ1n) is 5.60. The molecule has 0 unspecified atom stereocenters. The minimum absolute atomic E-state index is 0.234. The van der Waals surface area contributed by atoms with E-state index in [0.29, 0.717) is 18.7 Å². The van der Waals surface area contributed by atoms with Crippen LogP contribution in [0.25, 0.3) is 0 Å². The number of rotatable bonds is 4. The molecule has 1 aliphatic rings. The molecular formula is C11H10N4O4. The van der Waals surface area contributed by atoms with Crippen LogP contribution in [0.3, 0.4) is 0 Å². The number of hydrogen-bond acceptors (Lipinski definition) is 7. The Morgan fingerprint density at radius 2 is 2.32 bits per heavy atom. The Bertz CT molecular complexity index is 556. The van der Waals surface area contributed by atoms with Crippen LogP contribution in [0.4, 0.5) is 5.88 Å². The fourth-order valence-electron chi connectivity index (χ4n) is 1.92. The highest BCUT2D eigenvalue weighted by molar-refractivity contribution is 5.20. The lowest BCUT2D eigenvalue weighted by molar-refractivity contribution is -0.402. The van der Waals surface area contributed by atoms with Crippen molar-refractivity contribution in [2.45, 2.75) is 25.0 Å². The van der Waals surface area contributed by atoms with Gasteiger partial charge in [-0.1, -0.05) is 0 Å². The molecule has 0 saturated carbocycles. The number of hydrogen-bond donors (Lipinski definition) is 0. The molecule has 0 radical (unpaired) electrons. The fourth-order valence-corrected chi connectivity index (χ4v) is 1.92. The molecule has 98 valence electrons. The Labute approximate surface area is 108 Å². The Morgan fingerprint density at radius 3 is 2.89 bits per heavy atom. The molecule has 1 aliphatic heterocycles. The summed E-state index contributed by atoms with van der Waals surface area (Å²) in [5, 5.41) is 29.5. The number of nitriles is 2. The van der Waals surface area contributed by atoms with Crippen molar-refractivity contribution >= 4 is 5.88 Å². The molecule has 1 fully saturated rings. The Balaban J connectivity index is 2.17. The lowest BCUT2D eigenvalue weighted by Crippen LogP contribution is -2.23. The molecule has 0 bridgehead atoms. The monoisotopic (exact) mass is 262 g/mol. The average Bonchev–Trinajstić information content (AvgIpc) is 3.02. The van der Waals surface area contributed by atoms with Gasteiger partial charge in [0.1, 0.15) is 10.7 Å². The van der Waals surface area contributed by atoms with Crippen LogP contribution in [0.5, 0.6) is 0 Å². The topological polar surface area (TPSA) is 116 Å². The molecule has 1 aromatic heterocycles. The fraction of sp³-hybridized carbons (Fsp3) is 0.455. The Morgan fingerprint density at radius 1 is 1.53 bits per heavy atom. The number of nitro groups is 1. The lowest BCUT2D eigenvalue weighted by Gasteiger charge is -2.18. The molecular weight excluding hydrogens is 252 g/mol. The van der Waals surface area contributed by atoms with E-state index in [-0.39, 0.29) is 18.3 Å². The van der Waals surface area contributed by atoms with Crippen LogP contribution < -0.4 is 0 Å². The van der Waals surface area contributed by atoms with Gasteiger partial charge in [0.15, 0.2) is 6.10 Å². The zero-order valence-corrected chi connectivity index (χ0v) is 9.85. The van der Waals surface area contributed by atoms with E-state index in [1.807, 2.05) is 12.1 Å². The van der Waals surface area contributed by atoms with Gasteiger partial charge in [-0.3, -0.25) is 15.0 Å². The second-order valence-electron chi connectivity index (χ2n) is 3.96. The summed E-state index contributed by atoms with van der Waals surface area (Å²) < 4.78 is 5.12. The summed E-state index contributed by atoms with van der Waals surface area (Å²) in [6.45, 7) is 0.313. The molecule has 8 heteroatoms. The predicted molar refractivity (Wildman–Crippen MR) is 60.1 cm³/mol. The smallest absolute Gasteiger partial charge is 0.404 e. The summed E-state index contributed by atoms with van der Waals surface area (Å²) in [6.07, 6.45) is -0.0443. The molecule has 1 aromatic rings. The molecule has 0 N–H and O–H groups in total. The highest BCUT2D eigenvalue weighted by Crippen LogP contribution is 2.35. The molecule has 0 aliphatic carbocycles. The number of nitrogens with zero attached hydrogens (tertiary/aromatic N) is 4. The molecule has 1 saturated heterocycles. The van der Waals surface area contributed by atoms with Gasteiger partial charge >= 0.3 is 5.88 Å². The van der Waals surface area contributed by atoms with E-state index in [2.05, 4.69) is 0 Å². The molecule has 19 heavy (non-hydrogen) atoms. The van der Waals surface area contributed by atoms with Crippen molar-refractivity contribution in [2.75, 3.05) is 6.54 Å². The van der Waals surface area contributed by atoms with Crippen LogP contribution in [0, 0.1) is 32.8 Å². The number of hydroxylamine groups is 2. The van der Waals surface area contributed by atoms with Crippen molar-refractivity contribution in [3.63, 3.8) is 0 Å². The van der Waals surface area contributed by atoms with Crippen molar-refractivity contribution in [3.05, 3.63) is 28.0 Å². The maximum atomic E-state index is 10.6. The molecule has 0 aromatic carbocycles. The van der Waals surface area contributed by atoms with E-state index >= 15 is 0 Å². The van der Waals surface area contributed by atoms with Gasteiger partial charge in [0.2, 0.25) is 0 Å². The van der Waals surface area contributed by atoms with Crippen LogP contribution in [-0.2, 0) is 4.84 Å². The molecule has 0 amide bonds. The third-order valence-corrected chi connectivity index (χ3v) is 2.76. The second kappa shape index (κ2) is 5.48. The first kappa shape index (κ1) is 13.0. The molecule has 0 spiro atoms. The minimum atomic E-state index is -0.632. The zero-order valence-electron chi connectivity index (χ0n) is 9.85. The van der Waals surface area contributed by atoms with Gasteiger partial charge in [-0.05, 0) is 6.07 Å². The van der Waals surface area contributed by atoms with Gasteiger partial charge < -0.3 is 4.42 Å². The summed E-state index contributed by atoms with van der Waals surface area (Å²) in [4.78, 5) is 15.3. The first-order chi connectivity index (χ1) is 9.15. The summed E-state index contributed by atoms with van der Waals surface area (Å²) in [5.41, 5.74) is 0. The normalized spacial score (nSPS) is 22.8. The SMILES string of the molecule is N#CCCN1O[C@H](C#N)C[C@@H]1c1ccc([N+](=O)[O-])o1. The quantitative estimate of drug-likeness (QED) is 0.598. The highest BCUT2D eigenvalue weighted by Gasteiger charge is 2.37. The molecule has 8 nitrogen and oxygen atoms in total. The van der Waals surface area contributed by atoms with Crippen LogP contribution >= 0.6 is 0 Å². The molecule has 2 atom stereocenters. The van der Waals surface area contributed by atoms with Crippen molar-refractivity contribution in [2.24, 2.45) is 0 Å². The third-order valence-electron chi connectivity index (χ3n) is 2.76. The second-order valence-corrected chi connectivity index (χ2v) is 3.96. The van der Waals surface area contributed by atoms with Crippen LogP contribution in [0.1, 0.15) is 24.6 Å². The van der Waals surface area contributed by atoms with E-state index in [9.17, 15) is 10.1 Å². The Hall–Kier alpha value is -2.42. The summed E-state index contributed by atoms with van der Waals surface area (Å²) >= 11 is 0. The first-order valence-corrected chi connectivity index (χ1v) is 5.60. The van der Waals surface area contributed by atoms with E-state index in [1.54, 1.807) is 0 Å². The Kier molecular flexibility index (Phi) is 3.76. The summed E-state index contributed by atoms with van der Waals surface area (Å²) in [5.74, 6) is 0.0121. The van der Waals surface area contributed by atoms with Gasteiger partial charge in [0.25, 0.3) is 0 Å². The minimum Gasteiger partial charge on any atom is -0.404 e. The van der Waals surface area contributed by atoms with Gasteiger partial charge in [-0.25, -0.2) is 0 Å². The average molecular weight is 262 g/mol. The lowest BCUT2D eigenvalue weighted by atomic mass is 10.1. The van der Waals surface area contributed by atoms with Gasteiger partial charge in [-0.15, -0.1) is 0 Å². The standard InChI is InChI=1S/C11H10N4O4/c12-4-1-5-14-9(6-8(7-13)19-14)10-2-3-11(18-10)15(16)17/h2-3,8-9H,1,5-6H2/t8-,9+/m0/s1. The highest BCUT2D eigenvalue weighted by atomic mass is 16.7. The van der Waals surface area contributed by atoms with E-state index in [4.69, 9.17) is 19.8 Å². The molecule has 2 rings (SSSR count). The van der Waals surface area contributed by atoms with Crippen LogP contribution in [0.15, 0.2) is 16.5 Å². The van der Waals surface area contributed by atoms with Crippen LogP contribution in [-0.4, -0.2) is 22.6 Å². The largest absolute Gasteiger partial charge is 0.433 e. The van der Waals surface area contributed by atoms with E-state index in [0.717, 1.165) is 0 Å².